The van der Waals surface area contributed by atoms with Crippen LogP contribution in [-0.4, -0.2) is 17.2 Å². The van der Waals surface area contributed by atoms with E-state index in [2.05, 4.69) is 15.9 Å². The molecule has 0 amide bonds. The number of hydrogen-bond donors (Lipinski definition) is 1. The molecule has 0 aliphatic heterocycles. The first-order chi connectivity index (χ1) is 10.5. The summed E-state index contributed by atoms with van der Waals surface area (Å²) < 4.78 is 79.9. The highest BCUT2D eigenvalue weighted by molar-refractivity contribution is 9.10. The van der Waals surface area contributed by atoms with Gasteiger partial charge >= 0.3 is 12.1 Å². The van der Waals surface area contributed by atoms with E-state index in [1.165, 1.54) is 18.2 Å². The first kappa shape index (κ1) is 17.8. The summed E-state index contributed by atoms with van der Waals surface area (Å²) in [6, 6.07) is 7.53. The van der Waals surface area contributed by atoms with Gasteiger partial charge in [0.15, 0.2) is 5.60 Å². The summed E-state index contributed by atoms with van der Waals surface area (Å²) in [5, 5.41) is 10.5. The normalized spacial score (nSPS) is 15.3. The molecule has 0 radical (unpaired) electrons. The van der Waals surface area contributed by atoms with Gasteiger partial charge in [-0.15, -0.1) is 0 Å². The fourth-order valence-corrected chi connectivity index (χ4v) is 2.73. The van der Waals surface area contributed by atoms with E-state index in [0.717, 1.165) is 6.07 Å². The van der Waals surface area contributed by atoms with E-state index in [-0.39, 0.29) is 4.47 Å². The average molecular weight is 399 g/mol. The van der Waals surface area contributed by atoms with Crippen molar-refractivity contribution in [3.8, 4) is 0 Å². The molecule has 0 fully saturated rings. The van der Waals surface area contributed by atoms with Gasteiger partial charge in [0, 0.05) is 10.0 Å². The Morgan fingerprint density at radius 1 is 0.826 bits per heavy atom. The number of rotatable bonds is 3. The lowest BCUT2D eigenvalue weighted by atomic mass is 9.80. The highest BCUT2D eigenvalue weighted by atomic mass is 79.9. The van der Waals surface area contributed by atoms with E-state index in [0.29, 0.717) is 24.3 Å². The lowest BCUT2D eigenvalue weighted by molar-refractivity contribution is -0.336. The quantitative estimate of drug-likeness (QED) is 0.719. The average Bonchev–Trinajstić information content (AvgIpc) is 2.46. The van der Waals surface area contributed by atoms with Crippen molar-refractivity contribution in [3.63, 3.8) is 0 Å². The van der Waals surface area contributed by atoms with Crippen molar-refractivity contribution in [1.29, 1.82) is 0 Å². The van der Waals surface area contributed by atoms with E-state index in [1.54, 1.807) is 0 Å². The molecular formula is C15H9BrF6O. The maximum Gasteiger partial charge on any atom is 0.457 e. The van der Waals surface area contributed by atoms with Gasteiger partial charge in [0.05, 0.1) is 0 Å². The fraction of sp³-hybridized carbons (Fsp3) is 0.200. The van der Waals surface area contributed by atoms with Crippen molar-refractivity contribution >= 4 is 15.9 Å². The zero-order valence-corrected chi connectivity index (χ0v) is 12.8. The third-order valence-electron chi connectivity index (χ3n) is 3.34. The zero-order chi connectivity index (χ0) is 17.5. The molecule has 2 aromatic carbocycles. The van der Waals surface area contributed by atoms with Gasteiger partial charge in [0.1, 0.15) is 5.82 Å². The van der Waals surface area contributed by atoms with Crippen molar-refractivity contribution in [3.05, 3.63) is 69.9 Å². The van der Waals surface area contributed by atoms with Gasteiger partial charge in [-0.05, 0) is 23.8 Å². The van der Waals surface area contributed by atoms with Gasteiger partial charge in [-0.3, -0.25) is 0 Å². The largest absolute Gasteiger partial charge is 0.457 e. The molecule has 2 rings (SSSR count). The van der Waals surface area contributed by atoms with Crippen LogP contribution in [0.3, 0.4) is 0 Å². The lowest BCUT2D eigenvalue weighted by Crippen LogP contribution is -2.55. The molecule has 1 nitrogen and oxygen atoms in total. The first-order valence-electron chi connectivity index (χ1n) is 6.20. The zero-order valence-electron chi connectivity index (χ0n) is 11.2. The molecule has 23 heavy (non-hydrogen) atoms. The van der Waals surface area contributed by atoms with E-state index < -0.39 is 34.6 Å². The summed E-state index contributed by atoms with van der Waals surface area (Å²) >= 11 is 2.87. The Bertz CT molecular complexity index is 698. The van der Waals surface area contributed by atoms with E-state index in [1.807, 2.05) is 0 Å². The maximum atomic E-state index is 14.1. The molecule has 2 aromatic rings. The standard InChI is InChI=1S/C15H9BrF6O/c16-12-4-2-1-3-11(12)13(23,14(18,19)15(20,21)22)9-5-7-10(17)8-6-9/h1-8,23H. The Labute approximate surface area is 135 Å². The molecule has 0 bridgehead atoms. The van der Waals surface area contributed by atoms with Crippen LogP contribution in [0, 0.1) is 5.82 Å². The van der Waals surface area contributed by atoms with Crippen LogP contribution in [-0.2, 0) is 5.60 Å². The summed E-state index contributed by atoms with van der Waals surface area (Å²) in [7, 11) is 0. The summed E-state index contributed by atoms with van der Waals surface area (Å²) in [4.78, 5) is 0. The van der Waals surface area contributed by atoms with Crippen molar-refractivity contribution in [1.82, 2.24) is 0 Å². The molecule has 0 saturated heterocycles. The van der Waals surface area contributed by atoms with Gasteiger partial charge in [-0.1, -0.05) is 46.3 Å². The Kier molecular flexibility index (Phi) is 4.51. The predicted octanol–water partition coefficient (Wildman–Crippen LogP) is 5.02. The van der Waals surface area contributed by atoms with Crippen LogP contribution in [0.1, 0.15) is 11.1 Å². The molecule has 0 aromatic heterocycles. The number of benzene rings is 2. The van der Waals surface area contributed by atoms with Crippen LogP contribution in [0.15, 0.2) is 53.0 Å². The number of hydrogen-bond acceptors (Lipinski definition) is 1. The molecule has 124 valence electrons. The van der Waals surface area contributed by atoms with Crippen molar-refractivity contribution in [2.75, 3.05) is 0 Å². The highest BCUT2D eigenvalue weighted by Gasteiger charge is 2.71. The van der Waals surface area contributed by atoms with E-state index in [4.69, 9.17) is 0 Å². The Morgan fingerprint density at radius 2 is 1.35 bits per heavy atom. The van der Waals surface area contributed by atoms with Crippen LogP contribution in [0.4, 0.5) is 26.3 Å². The minimum Gasteiger partial charge on any atom is -0.374 e. The van der Waals surface area contributed by atoms with Crippen LogP contribution in [0.25, 0.3) is 0 Å². The Balaban J connectivity index is 2.80. The lowest BCUT2D eigenvalue weighted by Gasteiger charge is -2.38. The number of halogens is 7. The molecule has 0 aliphatic rings. The molecule has 1 unspecified atom stereocenters. The minimum absolute atomic E-state index is 0.143. The monoisotopic (exact) mass is 398 g/mol. The second-order valence-electron chi connectivity index (χ2n) is 4.77. The smallest absolute Gasteiger partial charge is 0.374 e. The number of aliphatic hydroxyl groups is 1. The van der Waals surface area contributed by atoms with Crippen LogP contribution < -0.4 is 0 Å². The summed E-state index contributed by atoms with van der Waals surface area (Å²) in [6.07, 6.45) is -6.02. The summed E-state index contributed by atoms with van der Waals surface area (Å²) in [6.45, 7) is 0. The molecule has 0 aliphatic carbocycles. The fourth-order valence-electron chi connectivity index (χ4n) is 2.16. The Morgan fingerprint density at radius 3 is 1.83 bits per heavy atom. The minimum atomic E-state index is -6.02. The molecule has 0 saturated carbocycles. The molecular weight excluding hydrogens is 390 g/mol. The Hall–Kier alpha value is -1.54. The van der Waals surface area contributed by atoms with E-state index >= 15 is 0 Å². The first-order valence-corrected chi connectivity index (χ1v) is 6.99. The van der Waals surface area contributed by atoms with Crippen LogP contribution in [0.2, 0.25) is 0 Å². The molecule has 1 atom stereocenters. The van der Waals surface area contributed by atoms with Gasteiger partial charge in [0.2, 0.25) is 0 Å². The summed E-state index contributed by atoms with van der Waals surface area (Å²) in [5.74, 6) is -6.35. The third-order valence-corrected chi connectivity index (χ3v) is 4.03. The third kappa shape index (κ3) is 2.85. The molecule has 1 N–H and O–H groups in total. The van der Waals surface area contributed by atoms with Gasteiger partial charge in [-0.25, -0.2) is 4.39 Å². The van der Waals surface area contributed by atoms with Crippen LogP contribution >= 0.6 is 15.9 Å². The summed E-state index contributed by atoms with van der Waals surface area (Å²) in [5.41, 5.74) is -5.19. The number of alkyl halides is 5. The molecule has 8 heteroatoms. The van der Waals surface area contributed by atoms with Crippen molar-refractivity contribution in [2.24, 2.45) is 0 Å². The molecule has 0 heterocycles. The second-order valence-corrected chi connectivity index (χ2v) is 5.62. The molecule has 0 spiro atoms. The van der Waals surface area contributed by atoms with Gasteiger partial charge in [-0.2, -0.15) is 22.0 Å². The maximum absolute atomic E-state index is 14.1. The van der Waals surface area contributed by atoms with E-state index in [9.17, 15) is 31.4 Å². The highest BCUT2D eigenvalue weighted by Crippen LogP contribution is 2.52. The van der Waals surface area contributed by atoms with Crippen molar-refractivity contribution in [2.45, 2.75) is 17.7 Å². The SMILES string of the molecule is OC(c1ccc(F)cc1)(c1ccccc1Br)C(F)(F)C(F)(F)F. The predicted molar refractivity (Wildman–Crippen MR) is 74.5 cm³/mol. The van der Waals surface area contributed by atoms with Crippen molar-refractivity contribution < 1.29 is 31.4 Å². The second kappa shape index (κ2) is 5.83. The topological polar surface area (TPSA) is 20.2 Å². The van der Waals surface area contributed by atoms with Crippen LogP contribution in [0.5, 0.6) is 0 Å². The van der Waals surface area contributed by atoms with Gasteiger partial charge in [0.25, 0.3) is 0 Å². The van der Waals surface area contributed by atoms with Gasteiger partial charge < -0.3 is 5.11 Å².